The molecule has 0 radical (unpaired) electrons. The van der Waals surface area contributed by atoms with Crippen molar-refractivity contribution in [1.82, 2.24) is 0 Å². The van der Waals surface area contributed by atoms with Crippen LogP contribution in [0.3, 0.4) is 0 Å². The molecular formula is C7H14O3. The van der Waals surface area contributed by atoms with Crippen LogP contribution in [0, 0.1) is 5.92 Å². The molecule has 1 fully saturated rings. The molecule has 0 spiro atoms. The zero-order chi connectivity index (χ0) is 7.40. The molecule has 3 nitrogen and oxygen atoms in total. The van der Waals surface area contributed by atoms with Crippen molar-refractivity contribution in [3.63, 3.8) is 0 Å². The van der Waals surface area contributed by atoms with Gasteiger partial charge >= 0.3 is 0 Å². The summed E-state index contributed by atoms with van der Waals surface area (Å²) >= 11 is 0. The van der Waals surface area contributed by atoms with Gasteiger partial charge in [0.15, 0.2) is 0 Å². The summed E-state index contributed by atoms with van der Waals surface area (Å²) < 4.78 is 10.2. The Balaban J connectivity index is 2.14. The lowest BCUT2D eigenvalue weighted by Crippen LogP contribution is -2.22. The zero-order valence-corrected chi connectivity index (χ0v) is 6.25. The molecule has 2 unspecified atom stereocenters. The maximum absolute atomic E-state index is 9.21. The van der Waals surface area contributed by atoms with Gasteiger partial charge in [0.2, 0.25) is 0 Å². The van der Waals surface area contributed by atoms with Gasteiger partial charge in [-0.2, -0.15) is 0 Å². The molecule has 1 heterocycles. The lowest BCUT2D eigenvalue weighted by atomic mass is 10.1. The van der Waals surface area contributed by atoms with Crippen molar-refractivity contribution in [1.29, 1.82) is 0 Å². The van der Waals surface area contributed by atoms with Crippen LogP contribution < -0.4 is 0 Å². The number of hydrogen-bond donors (Lipinski definition) is 1. The van der Waals surface area contributed by atoms with Crippen molar-refractivity contribution in [2.75, 3.05) is 26.4 Å². The first-order chi connectivity index (χ1) is 4.84. The van der Waals surface area contributed by atoms with Gasteiger partial charge in [-0.15, -0.1) is 0 Å². The molecule has 1 aliphatic rings. The lowest BCUT2D eigenvalue weighted by molar-refractivity contribution is 0.0588. The molecule has 10 heavy (non-hydrogen) atoms. The second-order valence-corrected chi connectivity index (χ2v) is 2.52. The molecule has 0 aromatic carbocycles. The summed E-state index contributed by atoms with van der Waals surface area (Å²) in [4.78, 5) is 0. The SMILES string of the molecule is CCOCC1COCC1O. The largest absolute Gasteiger partial charge is 0.390 e. The first kappa shape index (κ1) is 7.98. The predicted molar refractivity (Wildman–Crippen MR) is 36.8 cm³/mol. The van der Waals surface area contributed by atoms with Gasteiger partial charge in [0.25, 0.3) is 0 Å². The Morgan fingerprint density at radius 3 is 2.90 bits per heavy atom. The third kappa shape index (κ3) is 1.94. The Hall–Kier alpha value is -0.120. The van der Waals surface area contributed by atoms with E-state index in [2.05, 4.69) is 0 Å². The monoisotopic (exact) mass is 146 g/mol. The molecule has 0 aromatic heterocycles. The zero-order valence-electron chi connectivity index (χ0n) is 6.25. The Kier molecular flexibility index (Phi) is 3.12. The predicted octanol–water partition coefficient (Wildman–Crippen LogP) is 0.0302. The summed E-state index contributed by atoms with van der Waals surface area (Å²) in [7, 11) is 0. The average Bonchev–Trinajstić information content (AvgIpc) is 2.31. The van der Waals surface area contributed by atoms with Crippen LogP contribution >= 0.6 is 0 Å². The molecule has 1 N–H and O–H groups in total. The molecular weight excluding hydrogens is 132 g/mol. The van der Waals surface area contributed by atoms with Gasteiger partial charge in [-0.1, -0.05) is 0 Å². The first-order valence-electron chi connectivity index (χ1n) is 3.68. The van der Waals surface area contributed by atoms with Gasteiger partial charge in [0.1, 0.15) is 0 Å². The van der Waals surface area contributed by atoms with Gasteiger partial charge in [0, 0.05) is 12.5 Å². The minimum atomic E-state index is -0.313. The third-order valence-corrected chi connectivity index (χ3v) is 1.70. The molecule has 0 bridgehead atoms. The van der Waals surface area contributed by atoms with Crippen LogP contribution in [-0.2, 0) is 9.47 Å². The average molecular weight is 146 g/mol. The summed E-state index contributed by atoms with van der Waals surface area (Å²) in [5.41, 5.74) is 0. The van der Waals surface area contributed by atoms with Crippen LogP contribution in [0.25, 0.3) is 0 Å². The van der Waals surface area contributed by atoms with Gasteiger partial charge in [-0.05, 0) is 6.92 Å². The molecule has 1 rings (SSSR count). The number of aliphatic hydroxyl groups excluding tert-OH is 1. The van der Waals surface area contributed by atoms with E-state index >= 15 is 0 Å². The van der Waals surface area contributed by atoms with E-state index in [1.54, 1.807) is 0 Å². The van der Waals surface area contributed by atoms with Gasteiger partial charge in [-0.3, -0.25) is 0 Å². The van der Waals surface area contributed by atoms with E-state index in [1.807, 2.05) is 6.92 Å². The van der Waals surface area contributed by atoms with Gasteiger partial charge in [0.05, 0.1) is 25.9 Å². The Morgan fingerprint density at radius 1 is 1.60 bits per heavy atom. The maximum atomic E-state index is 9.21. The van der Waals surface area contributed by atoms with Crippen molar-refractivity contribution >= 4 is 0 Å². The smallest absolute Gasteiger partial charge is 0.0845 e. The topological polar surface area (TPSA) is 38.7 Å². The lowest BCUT2D eigenvalue weighted by Gasteiger charge is -2.10. The highest BCUT2D eigenvalue weighted by atomic mass is 16.5. The molecule has 3 heteroatoms. The standard InChI is InChI=1S/C7H14O3/c1-2-9-3-6-4-10-5-7(6)8/h6-8H,2-5H2,1H3. The molecule has 0 amide bonds. The highest BCUT2D eigenvalue weighted by molar-refractivity contribution is 4.73. The van der Waals surface area contributed by atoms with E-state index in [0.29, 0.717) is 26.4 Å². The number of rotatable bonds is 3. The van der Waals surface area contributed by atoms with E-state index in [-0.39, 0.29) is 12.0 Å². The fourth-order valence-corrected chi connectivity index (χ4v) is 1.02. The fourth-order valence-electron chi connectivity index (χ4n) is 1.02. The normalized spacial score (nSPS) is 33.0. The molecule has 2 atom stereocenters. The summed E-state index contributed by atoms with van der Waals surface area (Å²) in [6.07, 6.45) is -0.313. The van der Waals surface area contributed by atoms with Crippen molar-refractivity contribution in [2.24, 2.45) is 5.92 Å². The Morgan fingerprint density at radius 2 is 2.40 bits per heavy atom. The van der Waals surface area contributed by atoms with Gasteiger partial charge < -0.3 is 14.6 Å². The van der Waals surface area contributed by atoms with Crippen molar-refractivity contribution < 1.29 is 14.6 Å². The first-order valence-corrected chi connectivity index (χ1v) is 3.68. The van der Waals surface area contributed by atoms with Gasteiger partial charge in [-0.25, -0.2) is 0 Å². The van der Waals surface area contributed by atoms with Crippen LogP contribution in [-0.4, -0.2) is 37.6 Å². The van der Waals surface area contributed by atoms with E-state index < -0.39 is 0 Å². The molecule has 0 aromatic rings. The summed E-state index contributed by atoms with van der Waals surface area (Å²) in [5.74, 6) is 0.194. The maximum Gasteiger partial charge on any atom is 0.0845 e. The minimum absolute atomic E-state index is 0.194. The van der Waals surface area contributed by atoms with Crippen molar-refractivity contribution in [2.45, 2.75) is 13.0 Å². The summed E-state index contributed by atoms with van der Waals surface area (Å²) in [5, 5.41) is 9.21. The fraction of sp³-hybridized carbons (Fsp3) is 1.00. The van der Waals surface area contributed by atoms with E-state index in [1.165, 1.54) is 0 Å². The number of hydrogen-bond acceptors (Lipinski definition) is 3. The molecule has 1 aliphatic heterocycles. The molecule has 60 valence electrons. The van der Waals surface area contributed by atoms with E-state index in [4.69, 9.17) is 9.47 Å². The Bertz CT molecular complexity index is 94.9. The minimum Gasteiger partial charge on any atom is -0.390 e. The van der Waals surface area contributed by atoms with E-state index in [9.17, 15) is 5.11 Å². The highest BCUT2D eigenvalue weighted by Gasteiger charge is 2.25. The highest BCUT2D eigenvalue weighted by Crippen LogP contribution is 2.13. The number of ether oxygens (including phenoxy) is 2. The van der Waals surface area contributed by atoms with E-state index in [0.717, 1.165) is 0 Å². The van der Waals surface area contributed by atoms with Crippen molar-refractivity contribution in [3.05, 3.63) is 0 Å². The van der Waals surface area contributed by atoms with Crippen molar-refractivity contribution in [3.8, 4) is 0 Å². The molecule has 0 saturated carbocycles. The Labute approximate surface area is 60.9 Å². The second-order valence-electron chi connectivity index (χ2n) is 2.52. The number of aliphatic hydroxyl groups is 1. The molecule has 0 aliphatic carbocycles. The van der Waals surface area contributed by atoms with Crippen LogP contribution in [0.1, 0.15) is 6.92 Å². The third-order valence-electron chi connectivity index (χ3n) is 1.70. The summed E-state index contributed by atoms with van der Waals surface area (Å²) in [6.45, 7) is 4.39. The van der Waals surface area contributed by atoms with Crippen LogP contribution in [0.15, 0.2) is 0 Å². The van der Waals surface area contributed by atoms with Crippen LogP contribution in [0.5, 0.6) is 0 Å². The van der Waals surface area contributed by atoms with Crippen LogP contribution in [0.4, 0.5) is 0 Å². The quantitative estimate of drug-likeness (QED) is 0.610. The molecule has 1 saturated heterocycles. The second kappa shape index (κ2) is 3.91. The summed E-state index contributed by atoms with van der Waals surface area (Å²) in [6, 6.07) is 0. The van der Waals surface area contributed by atoms with Crippen LogP contribution in [0.2, 0.25) is 0 Å².